The average molecular weight is 1100 g/mol. The molecule has 0 radical (unpaired) electrons. The van der Waals surface area contributed by atoms with Crippen molar-refractivity contribution >= 4 is 29.1 Å². The molecule has 0 saturated heterocycles. The van der Waals surface area contributed by atoms with Gasteiger partial charge in [0.2, 0.25) is 0 Å². The first-order valence-corrected chi connectivity index (χ1v) is 17.9. The van der Waals surface area contributed by atoms with Crippen molar-refractivity contribution in [2.45, 2.75) is 115 Å². The Balaban J connectivity index is 3.72. The number of rotatable bonds is 21. The van der Waals surface area contributed by atoms with Crippen molar-refractivity contribution in [3.8, 4) is 6.07 Å². The van der Waals surface area contributed by atoms with Gasteiger partial charge in [0.15, 0.2) is 0 Å². The van der Waals surface area contributed by atoms with Gasteiger partial charge >= 0.3 is 95.3 Å². The first kappa shape index (κ1) is 61.8. The first-order valence-electron chi connectivity index (χ1n) is 15.9. The zero-order valence-electron chi connectivity index (χ0n) is 30.8. The van der Waals surface area contributed by atoms with E-state index >= 15 is 0 Å². The lowest BCUT2D eigenvalue weighted by molar-refractivity contribution is -0.461. The van der Waals surface area contributed by atoms with Gasteiger partial charge in [-0.3, -0.25) is 0 Å². The summed E-state index contributed by atoms with van der Waals surface area (Å²) < 4.78 is 462. The summed E-state index contributed by atoms with van der Waals surface area (Å²) >= 11 is -1.71. The first-order chi connectivity index (χ1) is 29.0. The zero-order valence-corrected chi connectivity index (χ0v) is 32.4. The van der Waals surface area contributed by atoms with Crippen molar-refractivity contribution in [2.75, 3.05) is 11.5 Å². The fraction of sp³-hybridized carbons (Fsp3) is 0.700. The van der Waals surface area contributed by atoms with Gasteiger partial charge in [0, 0.05) is 24.3 Å². The number of hydrogen-bond acceptors (Lipinski definition) is 3. The molecule has 0 saturated carbocycles. The lowest BCUT2D eigenvalue weighted by atomic mass is 9.88. The van der Waals surface area contributed by atoms with Crippen molar-refractivity contribution in [1.82, 2.24) is 0 Å². The van der Waals surface area contributed by atoms with Gasteiger partial charge in [-0.1, -0.05) is 29.8 Å². The van der Waals surface area contributed by atoms with Crippen molar-refractivity contribution in [3.05, 3.63) is 39.6 Å². The molecule has 67 heavy (non-hydrogen) atoms. The van der Waals surface area contributed by atoms with Crippen molar-refractivity contribution in [1.29, 1.82) is 5.26 Å². The van der Waals surface area contributed by atoms with E-state index in [1.54, 1.807) is 0 Å². The minimum atomic E-state index is -9.04. The summed E-state index contributed by atoms with van der Waals surface area (Å²) in [7, 11) is 0. The van der Waals surface area contributed by atoms with Crippen LogP contribution in [0.15, 0.2) is 28.5 Å². The monoisotopic (exact) mass is 1100 g/mol. The lowest BCUT2D eigenvalue weighted by Crippen LogP contribution is -2.74. The van der Waals surface area contributed by atoms with Crippen molar-refractivity contribution < 1.29 is 149 Å². The summed E-state index contributed by atoms with van der Waals surface area (Å²) in [4.78, 5) is 0. The van der Waals surface area contributed by atoms with Crippen LogP contribution >= 0.6 is 23.5 Å². The molecule has 1 nitrogen and oxygen atoms in total. The minimum Gasteiger partial charge on any atom is -0.200 e. The Hall–Kier alpha value is -3.23. The zero-order chi connectivity index (χ0) is 54.1. The molecule has 0 heterocycles. The Morgan fingerprint density at radius 2 is 0.597 bits per heavy atom. The summed E-state index contributed by atoms with van der Waals surface area (Å²) in [6, 6.07) is 4.42. The smallest absolute Gasteiger partial charge is 0.200 e. The summed E-state index contributed by atoms with van der Waals surface area (Å²) in [6.07, 6.45) is -22.8. The van der Waals surface area contributed by atoms with Gasteiger partial charge in [-0.05, 0) is 12.5 Å². The third kappa shape index (κ3) is 9.43. The van der Waals surface area contributed by atoms with E-state index in [1.807, 2.05) is 0 Å². The summed E-state index contributed by atoms with van der Waals surface area (Å²) in [5, 5.41) is 9.54. The number of hydrogen-bond donors (Lipinski definition) is 0. The topological polar surface area (TPSA) is 23.8 Å². The maximum Gasteiger partial charge on any atom is 0.460 e. The van der Waals surface area contributed by atoms with Crippen LogP contribution in [0.5, 0.6) is 0 Å². The van der Waals surface area contributed by atoms with Gasteiger partial charge in [-0.25, -0.2) is 0 Å². The molecule has 0 N–H and O–H groups in total. The fourth-order valence-corrected chi connectivity index (χ4v) is 6.92. The summed E-state index contributed by atoms with van der Waals surface area (Å²) in [5.74, 6) is -124. The van der Waals surface area contributed by atoms with E-state index in [0.29, 0.717) is 0 Å². The van der Waals surface area contributed by atoms with Gasteiger partial charge in [-0.2, -0.15) is 155 Å². The molecule has 1 aromatic carbocycles. The molecule has 390 valence electrons. The largest absolute Gasteiger partial charge is 0.460 e. The van der Waals surface area contributed by atoms with Gasteiger partial charge in [-0.15, -0.1) is 23.5 Å². The molecule has 0 aliphatic rings. The van der Waals surface area contributed by atoms with Gasteiger partial charge in [0.25, 0.3) is 0 Å². The highest BCUT2D eigenvalue weighted by atomic mass is 32.2. The maximum atomic E-state index is 14.5. The molecular weight excluding hydrogens is 1080 g/mol. The van der Waals surface area contributed by atoms with E-state index < -0.39 is 159 Å². The van der Waals surface area contributed by atoms with E-state index in [9.17, 15) is 155 Å². The minimum absolute atomic E-state index is 0.193. The molecule has 0 aromatic heterocycles. The van der Waals surface area contributed by atoms with E-state index in [-0.39, 0.29) is 5.56 Å². The van der Waals surface area contributed by atoms with Gasteiger partial charge < -0.3 is 0 Å². The Labute approximate surface area is 356 Å². The van der Waals surface area contributed by atoms with Crippen molar-refractivity contribution in [2.24, 2.45) is 0 Å². The highest BCUT2D eigenvalue weighted by Crippen LogP contribution is 2.66. The summed E-state index contributed by atoms with van der Waals surface area (Å²) in [6.45, 7) is 1.24. The third-order valence-corrected chi connectivity index (χ3v) is 11.0. The Kier molecular flexibility index (Phi) is 16.5. The Morgan fingerprint density at radius 3 is 0.821 bits per heavy atom. The standard InChI is InChI=1S/C30H15F34NS2/c1-11-2-4-12(5-3-11)13(10-65)14(66-8-6-15(31,32)17(35,36)19(39,40)21(43,44)23(47,48)25(51,52)27(55,56)29(59,60)61)67-9-7-16(33,34)18(37,38)20(41,42)22(45,46)24(49,50)26(53,54)28(57,58)30(62,63)64/h2-5H,6-9H2,1H3. The van der Waals surface area contributed by atoms with Crippen LogP contribution in [0.4, 0.5) is 149 Å². The van der Waals surface area contributed by atoms with Crippen molar-refractivity contribution in [3.63, 3.8) is 0 Å². The number of allylic oxidation sites excluding steroid dienone is 1. The second kappa shape index (κ2) is 17.9. The van der Waals surface area contributed by atoms with E-state index in [0.717, 1.165) is 30.3 Å². The quantitative estimate of drug-likeness (QED) is 0.0905. The number of benzene rings is 1. The number of nitriles is 1. The number of nitrogens with zero attached hydrogens (tertiary/aromatic N) is 1. The molecule has 0 amide bonds. The molecule has 0 spiro atoms. The van der Waals surface area contributed by atoms with Crippen LogP contribution in [0.2, 0.25) is 0 Å². The molecular formula is C30H15F34NS2. The van der Waals surface area contributed by atoms with Crippen LogP contribution in [0.3, 0.4) is 0 Å². The Bertz CT molecular complexity index is 1860. The van der Waals surface area contributed by atoms with Crippen LogP contribution in [0, 0.1) is 18.3 Å². The van der Waals surface area contributed by atoms with Crippen LogP contribution in [-0.4, -0.2) is 107 Å². The molecule has 0 atom stereocenters. The molecule has 37 heteroatoms. The second-order valence-electron chi connectivity index (χ2n) is 13.1. The highest BCUT2D eigenvalue weighted by Gasteiger charge is 2.97. The number of thioether (sulfide) groups is 2. The normalized spacial score (nSPS) is 15.7. The van der Waals surface area contributed by atoms with Crippen LogP contribution < -0.4 is 0 Å². The Morgan fingerprint density at radius 1 is 0.373 bits per heavy atom. The molecule has 0 bridgehead atoms. The van der Waals surface area contributed by atoms with E-state index in [4.69, 9.17) is 0 Å². The van der Waals surface area contributed by atoms with E-state index in [2.05, 4.69) is 0 Å². The van der Waals surface area contributed by atoms with E-state index in [1.165, 1.54) is 6.92 Å². The molecule has 0 unspecified atom stereocenters. The molecule has 0 aliphatic heterocycles. The predicted molar refractivity (Wildman–Crippen MR) is 159 cm³/mol. The van der Waals surface area contributed by atoms with Gasteiger partial charge in [0.05, 0.1) is 9.81 Å². The van der Waals surface area contributed by atoms with Gasteiger partial charge in [0.1, 0.15) is 6.07 Å². The van der Waals surface area contributed by atoms with Crippen LogP contribution in [0.1, 0.15) is 24.0 Å². The van der Waals surface area contributed by atoms with Crippen LogP contribution in [-0.2, 0) is 0 Å². The lowest BCUT2D eigenvalue weighted by Gasteiger charge is -2.42. The molecule has 0 fully saturated rings. The number of halogens is 34. The van der Waals surface area contributed by atoms with Crippen LogP contribution in [0.25, 0.3) is 5.57 Å². The fourth-order valence-electron chi connectivity index (χ4n) is 4.38. The SMILES string of the molecule is Cc1ccc(C(C#N)=C(SCCC(F)(F)C(F)(F)C(F)(F)C(F)(F)C(F)(F)C(F)(F)C(F)(F)C(F)(F)F)SCCC(F)(F)C(F)(F)C(F)(F)C(F)(F)C(F)(F)C(F)(F)C(F)(F)C(F)(F)F)cc1. The second-order valence-corrected chi connectivity index (χ2v) is 15.6. The molecule has 1 aromatic rings. The summed E-state index contributed by atoms with van der Waals surface area (Å²) in [5.41, 5.74) is -1.75. The number of aryl methyl sites for hydroxylation is 1. The highest BCUT2D eigenvalue weighted by molar-refractivity contribution is 8.22. The molecule has 0 aliphatic carbocycles. The average Bonchev–Trinajstić information content (AvgIpc) is 3.13. The molecule has 1 rings (SSSR count). The predicted octanol–water partition coefficient (Wildman–Crippen LogP) is 15.5. The maximum absolute atomic E-state index is 14.5. The third-order valence-electron chi connectivity index (χ3n) is 8.53. The number of alkyl halides is 34.